The van der Waals surface area contributed by atoms with Crippen molar-refractivity contribution in [3.8, 4) is 0 Å². The highest BCUT2D eigenvalue weighted by molar-refractivity contribution is 6.02. The molecule has 0 radical (unpaired) electrons. The largest absolute Gasteiger partial charge is 0.456 e. The van der Waals surface area contributed by atoms with E-state index in [9.17, 15) is 32.3 Å². The number of carbonyl (C=O) groups excluding carboxylic acids is 4. The van der Waals surface area contributed by atoms with E-state index in [1.54, 1.807) is 0 Å². The maximum absolute atomic E-state index is 12.4. The predicted octanol–water partition coefficient (Wildman–Crippen LogP) is 1.73. The van der Waals surface area contributed by atoms with Crippen LogP contribution in [0.2, 0.25) is 0 Å². The molecule has 10 heteroatoms. The topological polar surface area (TPSA) is 92.8 Å². The Labute approximate surface area is 146 Å². The summed E-state index contributed by atoms with van der Waals surface area (Å²) < 4.78 is 42.0. The van der Waals surface area contributed by atoms with Crippen LogP contribution in [0.15, 0.2) is 24.3 Å². The molecule has 0 atom stereocenters. The Morgan fingerprint density at radius 3 is 2.19 bits per heavy atom. The van der Waals surface area contributed by atoms with Crippen molar-refractivity contribution < 1.29 is 37.1 Å². The average molecular weight is 372 g/mol. The number of nitrogens with zero attached hydrogens (tertiary/aromatic N) is 1. The number of rotatable bonds is 6. The smallest absolute Gasteiger partial charge is 0.416 e. The summed E-state index contributed by atoms with van der Waals surface area (Å²) in [5.41, 5.74) is -0.736. The summed E-state index contributed by atoms with van der Waals surface area (Å²) in [6, 6.07) is 3.78. The number of nitrogens with one attached hydrogen (secondary N) is 1. The number of amides is 3. The van der Waals surface area contributed by atoms with Crippen molar-refractivity contribution in [3.05, 3.63) is 29.8 Å². The van der Waals surface area contributed by atoms with Crippen molar-refractivity contribution in [1.82, 2.24) is 4.90 Å². The quantitative estimate of drug-likeness (QED) is 0.606. The lowest BCUT2D eigenvalue weighted by Gasteiger charge is -2.13. The summed E-state index contributed by atoms with van der Waals surface area (Å²) in [5, 5.41) is 2.29. The fourth-order valence-electron chi connectivity index (χ4n) is 2.23. The first kappa shape index (κ1) is 19.4. The minimum Gasteiger partial charge on any atom is -0.456 e. The maximum Gasteiger partial charge on any atom is 0.416 e. The summed E-state index contributed by atoms with van der Waals surface area (Å²) in [5.74, 6) is -2.22. The van der Waals surface area contributed by atoms with Crippen LogP contribution in [0.25, 0.3) is 0 Å². The summed E-state index contributed by atoms with van der Waals surface area (Å²) >= 11 is 0. The van der Waals surface area contributed by atoms with Gasteiger partial charge in [-0.2, -0.15) is 13.2 Å². The lowest BCUT2D eigenvalue weighted by Crippen LogP contribution is -2.32. The Balaban J connectivity index is 1.73. The Hall–Kier alpha value is -2.91. The number of alkyl halides is 3. The molecule has 0 saturated carbocycles. The molecule has 2 rings (SSSR count). The highest BCUT2D eigenvalue weighted by Crippen LogP contribution is 2.29. The molecule has 1 saturated heterocycles. The summed E-state index contributed by atoms with van der Waals surface area (Å²) in [4.78, 5) is 46.9. The molecule has 3 amide bonds. The molecule has 0 aromatic heterocycles. The number of anilines is 1. The molecular weight excluding hydrogens is 357 g/mol. The molecule has 1 aromatic carbocycles. The highest BCUT2D eigenvalue weighted by atomic mass is 19.4. The molecule has 1 aliphatic rings. The number of hydrogen-bond donors (Lipinski definition) is 1. The van der Waals surface area contributed by atoms with Gasteiger partial charge in [-0.25, -0.2) is 0 Å². The van der Waals surface area contributed by atoms with E-state index in [1.165, 1.54) is 0 Å². The van der Waals surface area contributed by atoms with Gasteiger partial charge in [-0.15, -0.1) is 0 Å². The van der Waals surface area contributed by atoms with Gasteiger partial charge in [0.05, 0.1) is 12.0 Å². The zero-order valence-electron chi connectivity index (χ0n) is 13.5. The first-order chi connectivity index (χ1) is 12.2. The summed E-state index contributed by atoms with van der Waals surface area (Å²) in [6.07, 6.45) is -4.49. The van der Waals surface area contributed by atoms with Crippen molar-refractivity contribution >= 4 is 29.4 Å². The number of esters is 1. The van der Waals surface area contributed by atoms with Crippen molar-refractivity contribution in [3.63, 3.8) is 0 Å². The molecule has 140 valence electrons. The second-order valence-electron chi connectivity index (χ2n) is 5.47. The van der Waals surface area contributed by atoms with Crippen LogP contribution in [0.3, 0.4) is 0 Å². The van der Waals surface area contributed by atoms with Gasteiger partial charge in [0.25, 0.3) is 5.91 Å². The third kappa shape index (κ3) is 5.30. The van der Waals surface area contributed by atoms with Crippen LogP contribution < -0.4 is 5.32 Å². The first-order valence-electron chi connectivity index (χ1n) is 7.63. The molecule has 26 heavy (non-hydrogen) atoms. The third-order valence-corrected chi connectivity index (χ3v) is 3.55. The van der Waals surface area contributed by atoms with E-state index < -0.39 is 30.2 Å². The Morgan fingerprint density at radius 2 is 1.65 bits per heavy atom. The number of likely N-dealkylation sites (tertiary alicyclic amines) is 1. The third-order valence-electron chi connectivity index (χ3n) is 3.55. The minimum atomic E-state index is -4.48. The zero-order chi connectivity index (χ0) is 19.3. The van der Waals surface area contributed by atoms with Crippen LogP contribution >= 0.6 is 0 Å². The molecule has 0 spiro atoms. The molecule has 0 bridgehead atoms. The second-order valence-corrected chi connectivity index (χ2v) is 5.47. The molecule has 0 aliphatic carbocycles. The molecule has 1 fully saturated rings. The number of benzene rings is 1. The van der Waals surface area contributed by atoms with Gasteiger partial charge in [0, 0.05) is 25.1 Å². The highest BCUT2D eigenvalue weighted by Gasteiger charge is 2.30. The van der Waals surface area contributed by atoms with Crippen LogP contribution in [0.4, 0.5) is 18.9 Å². The lowest BCUT2D eigenvalue weighted by molar-refractivity contribution is -0.148. The summed E-state index contributed by atoms with van der Waals surface area (Å²) in [7, 11) is 0. The van der Waals surface area contributed by atoms with E-state index in [1.807, 2.05) is 0 Å². The van der Waals surface area contributed by atoms with E-state index >= 15 is 0 Å². The van der Waals surface area contributed by atoms with E-state index in [0.29, 0.717) is 0 Å². The number of imide groups is 1. The number of halogens is 3. The molecule has 7 nitrogen and oxygen atoms in total. The monoisotopic (exact) mass is 372 g/mol. The van der Waals surface area contributed by atoms with Gasteiger partial charge in [0.15, 0.2) is 6.61 Å². The van der Waals surface area contributed by atoms with Crippen molar-refractivity contribution in [2.24, 2.45) is 0 Å². The first-order valence-corrected chi connectivity index (χ1v) is 7.63. The van der Waals surface area contributed by atoms with Gasteiger partial charge in [0.2, 0.25) is 11.8 Å². The van der Waals surface area contributed by atoms with Crippen LogP contribution in [0.1, 0.15) is 24.8 Å². The van der Waals surface area contributed by atoms with Gasteiger partial charge < -0.3 is 10.1 Å². The average Bonchev–Trinajstić information content (AvgIpc) is 2.89. The number of hydrogen-bond acceptors (Lipinski definition) is 5. The van der Waals surface area contributed by atoms with Gasteiger partial charge in [-0.05, 0) is 24.3 Å². The van der Waals surface area contributed by atoms with Gasteiger partial charge in [-0.1, -0.05) is 0 Å². The Bertz CT molecular complexity index is 700. The number of ether oxygens (including phenoxy) is 1. The SMILES string of the molecule is O=C(COC(=O)CCN1C(=O)CCC1=O)Nc1ccc(C(F)(F)F)cc1. The standard InChI is InChI=1S/C16H15F3N2O5/c17-16(18,19)10-1-3-11(4-2-10)20-12(22)9-26-15(25)7-8-21-13(23)5-6-14(21)24/h1-4H,5-9H2,(H,20,22). The van der Waals surface area contributed by atoms with Crippen LogP contribution in [0, 0.1) is 0 Å². The Morgan fingerprint density at radius 1 is 1.08 bits per heavy atom. The molecule has 1 N–H and O–H groups in total. The van der Waals surface area contributed by atoms with Crippen LogP contribution in [-0.2, 0) is 30.1 Å². The van der Waals surface area contributed by atoms with Gasteiger partial charge in [0.1, 0.15) is 0 Å². The molecule has 1 aromatic rings. The molecule has 0 unspecified atom stereocenters. The molecule has 1 aliphatic heterocycles. The predicted molar refractivity (Wildman–Crippen MR) is 81.6 cm³/mol. The fourth-order valence-corrected chi connectivity index (χ4v) is 2.23. The van der Waals surface area contributed by atoms with Gasteiger partial charge in [-0.3, -0.25) is 24.1 Å². The molecule has 1 heterocycles. The second kappa shape index (κ2) is 7.98. The lowest BCUT2D eigenvalue weighted by atomic mass is 10.2. The Kier molecular flexibility index (Phi) is 5.96. The minimum absolute atomic E-state index is 0.114. The van der Waals surface area contributed by atoms with Gasteiger partial charge >= 0.3 is 12.1 Å². The van der Waals surface area contributed by atoms with E-state index in [2.05, 4.69) is 5.32 Å². The zero-order valence-corrected chi connectivity index (χ0v) is 13.5. The van der Waals surface area contributed by atoms with E-state index in [4.69, 9.17) is 4.74 Å². The van der Waals surface area contributed by atoms with E-state index in [-0.39, 0.29) is 43.3 Å². The van der Waals surface area contributed by atoms with Crippen molar-refractivity contribution in [1.29, 1.82) is 0 Å². The maximum atomic E-state index is 12.4. The van der Waals surface area contributed by atoms with Crippen molar-refractivity contribution in [2.45, 2.75) is 25.4 Å². The van der Waals surface area contributed by atoms with Crippen molar-refractivity contribution in [2.75, 3.05) is 18.5 Å². The van der Waals surface area contributed by atoms with E-state index in [0.717, 1.165) is 29.2 Å². The summed E-state index contributed by atoms with van der Waals surface area (Å²) in [6.45, 7) is -0.751. The normalized spacial score (nSPS) is 14.5. The van der Waals surface area contributed by atoms with Crippen LogP contribution in [0.5, 0.6) is 0 Å². The number of carbonyl (C=O) groups is 4. The van der Waals surface area contributed by atoms with Crippen LogP contribution in [-0.4, -0.2) is 41.7 Å². The fraction of sp³-hybridized carbons (Fsp3) is 0.375. The molecular formula is C16H15F3N2O5.